The first-order chi connectivity index (χ1) is 20.2. The Hall–Kier alpha value is -3.56. The van der Waals surface area contributed by atoms with Gasteiger partial charge in [-0.3, -0.25) is 13.9 Å². The fraction of sp³-hybridized carbons (Fsp3) is 0.375. The number of amides is 2. The molecule has 0 aromatic heterocycles. The molecule has 0 radical (unpaired) electrons. The first kappa shape index (κ1) is 31.4. The number of hydrogen-bond donors (Lipinski definition) is 1. The molecule has 1 aliphatic carbocycles. The number of nitrogens with zero attached hydrogens (tertiary/aromatic N) is 2. The van der Waals surface area contributed by atoms with Crippen molar-refractivity contribution in [3.8, 4) is 5.75 Å². The molecule has 224 valence electrons. The molecule has 1 unspecified atom stereocenters. The number of halogens is 1. The van der Waals surface area contributed by atoms with Crippen molar-refractivity contribution in [2.45, 2.75) is 69.5 Å². The summed E-state index contributed by atoms with van der Waals surface area (Å²) < 4.78 is 34.4. The molecule has 0 aliphatic heterocycles. The smallest absolute Gasteiger partial charge is 0.264 e. The second kappa shape index (κ2) is 14.6. The van der Waals surface area contributed by atoms with Crippen LogP contribution in [-0.2, 0) is 26.2 Å². The van der Waals surface area contributed by atoms with Gasteiger partial charge in [0.25, 0.3) is 10.0 Å². The van der Waals surface area contributed by atoms with Gasteiger partial charge in [-0.2, -0.15) is 0 Å². The van der Waals surface area contributed by atoms with Crippen molar-refractivity contribution in [1.29, 1.82) is 0 Å². The number of sulfonamides is 1. The van der Waals surface area contributed by atoms with Crippen molar-refractivity contribution in [2.75, 3.05) is 17.5 Å². The van der Waals surface area contributed by atoms with E-state index in [4.69, 9.17) is 16.3 Å². The van der Waals surface area contributed by atoms with Crippen molar-refractivity contribution in [2.24, 2.45) is 0 Å². The van der Waals surface area contributed by atoms with E-state index < -0.39 is 28.5 Å². The molecule has 42 heavy (non-hydrogen) atoms. The maximum atomic E-state index is 14.1. The molecular formula is C32H38ClN3O5S. The lowest BCUT2D eigenvalue weighted by Crippen LogP contribution is -2.53. The van der Waals surface area contributed by atoms with E-state index in [1.165, 1.54) is 17.0 Å². The zero-order chi connectivity index (χ0) is 30.1. The minimum absolute atomic E-state index is 0.0419. The molecule has 1 saturated carbocycles. The van der Waals surface area contributed by atoms with Crippen molar-refractivity contribution in [3.05, 3.63) is 89.4 Å². The highest BCUT2D eigenvalue weighted by molar-refractivity contribution is 7.92. The van der Waals surface area contributed by atoms with Gasteiger partial charge in [0.15, 0.2) is 0 Å². The van der Waals surface area contributed by atoms with Gasteiger partial charge in [-0.15, -0.1) is 0 Å². The second-order valence-electron chi connectivity index (χ2n) is 10.4. The zero-order valence-electron chi connectivity index (χ0n) is 24.0. The molecule has 8 nitrogen and oxygen atoms in total. The van der Waals surface area contributed by atoms with E-state index >= 15 is 0 Å². The number of rotatable bonds is 12. The zero-order valence-corrected chi connectivity index (χ0v) is 25.6. The highest BCUT2D eigenvalue weighted by Crippen LogP contribution is 2.27. The summed E-state index contributed by atoms with van der Waals surface area (Å²) in [7, 11) is -4.14. The average Bonchev–Trinajstić information content (AvgIpc) is 3.00. The summed E-state index contributed by atoms with van der Waals surface area (Å²) in [6, 6.07) is 20.8. The van der Waals surface area contributed by atoms with E-state index in [0.717, 1.165) is 36.4 Å². The third kappa shape index (κ3) is 7.83. The normalized spacial score (nSPS) is 14.5. The van der Waals surface area contributed by atoms with E-state index in [1.807, 2.05) is 13.0 Å². The van der Waals surface area contributed by atoms with Crippen molar-refractivity contribution >= 4 is 39.1 Å². The summed E-state index contributed by atoms with van der Waals surface area (Å²) >= 11 is 6.45. The SMILES string of the molecule is CCOc1ccc(N(CC(=O)N(Cc2ccccc2Cl)C(C)C(=O)NC2CCCCC2)S(=O)(=O)c2ccccc2)cc1. The Balaban J connectivity index is 1.67. The largest absolute Gasteiger partial charge is 0.494 e. The Labute approximate surface area is 253 Å². The van der Waals surface area contributed by atoms with Crippen LogP contribution in [0.3, 0.4) is 0 Å². The summed E-state index contributed by atoms with van der Waals surface area (Å²) in [5.74, 6) is -0.228. The van der Waals surface area contributed by atoms with Crippen LogP contribution in [0.25, 0.3) is 0 Å². The Morgan fingerprint density at radius 3 is 2.24 bits per heavy atom. The Bertz CT molecular complexity index is 1440. The minimum Gasteiger partial charge on any atom is -0.494 e. The lowest BCUT2D eigenvalue weighted by Gasteiger charge is -2.33. The van der Waals surface area contributed by atoms with Crippen LogP contribution in [0.5, 0.6) is 5.75 Å². The fourth-order valence-corrected chi connectivity index (χ4v) is 6.72. The molecule has 0 bridgehead atoms. The number of anilines is 1. The summed E-state index contributed by atoms with van der Waals surface area (Å²) in [4.78, 5) is 29.0. The van der Waals surface area contributed by atoms with Gasteiger partial charge in [-0.05, 0) is 74.7 Å². The van der Waals surface area contributed by atoms with Crippen LogP contribution in [-0.4, -0.2) is 50.4 Å². The molecule has 0 heterocycles. The standard InChI is InChI=1S/C32H38ClN3O5S/c1-3-41-28-20-18-27(19-21-28)36(42(39,40)29-15-8-5-9-16-29)23-31(37)35(22-25-12-10-11-17-30(25)33)24(2)32(38)34-26-13-6-4-7-14-26/h5,8-12,15-21,24,26H,3-4,6-7,13-14,22-23H2,1-2H3,(H,34,38). The monoisotopic (exact) mass is 611 g/mol. The molecule has 1 fully saturated rings. The molecular weight excluding hydrogens is 574 g/mol. The maximum Gasteiger partial charge on any atom is 0.264 e. The first-order valence-electron chi connectivity index (χ1n) is 14.3. The highest BCUT2D eigenvalue weighted by Gasteiger charge is 2.33. The van der Waals surface area contributed by atoms with Gasteiger partial charge in [0.05, 0.1) is 17.2 Å². The average molecular weight is 612 g/mol. The minimum atomic E-state index is -4.14. The molecule has 3 aromatic carbocycles. The first-order valence-corrected chi connectivity index (χ1v) is 16.2. The fourth-order valence-electron chi connectivity index (χ4n) is 5.09. The maximum absolute atomic E-state index is 14.1. The summed E-state index contributed by atoms with van der Waals surface area (Å²) in [5.41, 5.74) is 0.955. The van der Waals surface area contributed by atoms with Crippen LogP contribution in [0.15, 0.2) is 83.8 Å². The number of carbonyl (C=O) groups is 2. The number of hydrogen-bond acceptors (Lipinski definition) is 5. The molecule has 3 aromatic rings. The van der Waals surface area contributed by atoms with Crippen LogP contribution in [0.2, 0.25) is 5.02 Å². The number of benzene rings is 3. The summed E-state index contributed by atoms with van der Waals surface area (Å²) in [5, 5.41) is 3.56. The van der Waals surface area contributed by atoms with Crippen LogP contribution in [0.4, 0.5) is 5.69 Å². The number of nitrogens with one attached hydrogen (secondary N) is 1. The van der Waals surface area contributed by atoms with Crippen LogP contribution in [0.1, 0.15) is 51.5 Å². The van der Waals surface area contributed by atoms with Gasteiger partial charge in [0, 0.05) is 17.6 Å². The topological polar surface area (TPSA) is 96.0 Å². The van der Waals surface area contributed by atoms with Gasteiger partial charge in [0.2, 0.25) is 11.8 Å². The Kier molecular flexibility index (Phi) is 10.9. The predicted octanol–water partition coefficient (Wildman–Crippen LogP) is 5.80. The van der Waals surface area contributed by atoms with E-state index in [1.54, 1.807) is 67.6 Å². The van der Waals surface area contributed by atoms with Crippen molar-refractivity contribution in [1.82, 2.24) is 10.2 Å². The van der Waals surface area contributed by atoms with E-state index in [-0.39, 0.29) is 23.4 Å². The Morgan fingerprint density at radius 1 is 0.952 bits per heavy atom. The summed E-state index contributed by atoms with van der Waals surface area (Å²) in [6.45, 7) is 3.51. The molecule has 1 atom stereocenters. The van der Waals surface area contributed by atoms with Gasteiger partial charge < -0.3 is 15.0 Å². The van der Waals surface area contributed by atoms with Gasteiger partial charge >= 0.3 is 0 Å². The third-order valence-corrected chi connectivity index (χ3v) is 9.62. The number of ether oxygens (including phenoxy) is 1. The van der Waals surface area contributed by atoms with Gasteiger partial charge in [-0.25, -0.2) is 8.42 Å². The van der Waals surface area contributed by atoms with E-state index in [2.05, 4.69) is 5.32 Å². The molecule has 1 aliphatic rings. The van der Waals surface area contributed by atoms with Crippen LogP contribution < -0.4 is 14.4 Å². The lowest BCUT2D eigenvalue weighted by atomic mass is 9.95. The second-order valence-corrected chi connectivity index (χ2v) is 12.7. The predicted molar refractivity (Wildman–Crippen MR) is 165 cm³/mol. The van der Waals surface area contributed by atoms with E-state index in [9.17, 15) is 18.0 Å². The van der Waals surface area contributed by atoms with Crippen molar-refractivity contribution in [3.63, 3.8) is 0 Å². The highest BCUT2D eigenvalue weighted by atomic mass is 35.5. The molecule has 1 N–H and O–H groups in total. The van der Waals surface area contributed by atoms with Gasteiger partial charge in [-0.1, -0.05) is 67.3 Å². The van der Waals surface area contributed by atoms with Gasteiger partial charge in [0.1, 0.15) is 18.3 Å². The summed E-state index contributed by atoms with van der Waals surface area (Å²) in [6.07, 6.45) is 5.05. The Morgan fingerprint density at radius 2 is 1.60 bits per heavy atom. The lowest BCUT2D eigenvalue weighted by molar-refractivity contribution is -0.139. The van der Waals surface area contributed by atoms with Crippen molar-refractivity contribution < 1.29 is 22.7 Å². The molecule has 0 spiro atoms. The van der Waals surface area contributed by atoms with Crippen LogP contribution >= 0.6 is 11.6 Å². The van der Waals surface area contributed by atoms with E-state index in [0.29, 0.717) is 28.6 Å². The third-order valence-electron chi connectivity index (χ3n) is 7.46. The molecule has 4 rings (SSSR count). The van der Waals surface area contributed by atoms with Crippen LogP contribution in [0, 0.1) is 0 Å². The quantitative estimate of drug-likeness (QED) is 0.279. The number of carbonyl (C=O) groups excluding carboxylic acids is 2. The molecule has 0 saturated heterocycles. The molecule has 2 amide bonds. The molecule has 10 heteroatoms.